The van der Waals surface area contributed by atoms with E-state index in [4.69, 9.17) is 10.5 Å². The van der Waals surface area contributed by atoms with Crippen molar-refractivity contribution >= 4 is 0 Å². The van der Waals surface area contributed by atoms with Gasteiger partial charge < -0.3 is 10.5 Å². The van der Waals surface area contributed by atoms with E-state index in [-0.39, 0.29) is 6.54 Å². The van der Waals surface area contributed by atoms with Crippen molar-refractivity contribution in [2.75, 3.05) is 13.2 Å². The summed E-state index contributed by atoms with van der Waals surface area (Å²) in [6, 6.07) is 5.12. The van der Waals surface area contributed by atoms with Crippen molar-refractivity contribution in [3.63, 3.8) is 0 Å². The van der Waals surface area contributed by atoms with Crippen LogP contribution in [0.4, 0.5) is 13.2 Å². The van der Waals surface area contributed by atoms with Crippen molar-refractivity contribution < 1.29 is 17.9 Å². The number of alkyl halides is 3. The Hall–Kier alpha value is -1.14. The molecule has 0 saturated carbocycles. The molecule has 90 valence electrons. The van der Waals surface area contributed by atoms with Crippen LogP contribution in [0, 0.1) is 0 Å². The fourth-order valence-corrected chi connectivity index (χ4v) is 1.16. The lowest BCUT2D eigenvalue weighted by Gasteiger charge is -2.15. The topological polar surface area (TPSA) is 48.1 Å². The van der Waals surface area contributed by atoms with Crippen LogP contribution in [0.2, 0.25) is 0 Å². The smallest absolute Gasteiger partial charge is 0.370 e. The maximum absolute atomic E-state index is 11.9. The lowest BCUT2D eigenvalue weighted by molar-refractivity contribution is -0.149. The molecule has 6 heteroatoms. The van der Waals surface area contributed by atoms with Crippen molar-refractivity contribution in [3.8, 4) is 0 Å². The highest BCUT2D eigenvalue weighted by Gasteiger charge is 2.27. The maximum Gasteiger partial charge on any atom is 0.391 e. The zero-order valence-corrected chi connectivity index (χ0v) is 8.57. The fraction of sp³-hybridized carbons (Fsp3) is 0.500. The highest BCUT2D eigenvalue weighted by molar-refractivity contribution is 5.07. The number of hydrogen-bond donors (Lipinski definition) is 1. The summed E-state index contributed by atoms with van der Waals surface area (Å²) in [4.78, 5) is 3.98. The summed E-state index contributed by atoms with van der Waals surface area (Å²) < 4.78 is 40.7. The second kappa shape index (κ2) is 5.81. The molecule has 16 heavy (non-hydrogen) atoms. The van der Waals surface area contributed by atoms with Gasteiger partial charge in [0, 0.05) is 12.7 Å². The van der Waals surface area contributed by atoms with E-state index in [2.05, 4.69) is 4.98 Å². The Balaban J connectivity index is 2.45. The summed E-state index contributed by atoms with van der Waals surface area (Å²) in [5, 5.41) is 0. The summed E-state index contributed by atoms with van der Waals surface area (Å²) in [5.74, 6) is 0. The van der Waals surface area contributed by atoms with Gasteiger partial charge in [-0.1, -0.05) is 6.07 Å². The Kier molecular flexibility index (Phi) is 4.70. The summed E-state index contributed by atoms with van der Waals surface area (Å²) in [6.07, 6.45) is -4.21. The number of rotatable bonds is 5. The molecule has 0 fully saturated rings. The van der Waals surface area contributed by atoms with E-state index in [0.717, 1.165) is 0 Å². The first-order valence-corrected chi connectivity index (χ1v) is 4.82. The van der Waals surface area contributed by atoms with Crippen LogP contribution in [0.15, 0.2) is 24.4 Å². The molecule has 3 nitrogen and oxygen atoms in total. The van der Waals surface area contributed by atoms with Crippen molar-refractivity contribution in [1.29, 1.82) is 0 Å². The van der Waals surface area contributed by atoms with Gasteiger partial charge in [0.2, 0.25) is 0 Å². The van der Waals surface area contributed by atoms with Crippen LogP contribution in [0.1, 0.15) is 18.2 Å². The van der Waals surface area contributed by atoms with Crippen LogP contribution in [0.5, 0.6) is 0 Å². The Morgan fingerprint density at radius 3 is 2.62 bits per heavy atom. The maximum atomic E-state index is 11.9. The van der Waals surface area contributed by atoms with Crippen LogP contribution in [0.25, 0.3) is 0 Å². The minimum atomic E-state index is -4.21. The molecule has 0 amide bonds. The minimum absolute atomic E-state index is 0.106. The van der Waals surface area contributed by atoms with E-state index >= 15 is 0 Å². The highest BCUT2D eigenvalue weighted by Crippen LogP contribution is 2.21. The molecule has 1 aromatic heterocycles. The van der Waals surface area contributed by atoms with Gasteiger partial charge in [0.05, 0.1) is 18.7 Å². The van der Waals surface area contributed by atoms with Gasteiger partial charge in [-0.05, 0) is 12.1 Å². The van der Waals surface area contributed by atoms with E-state index in [1.54, 1.807) is 24.4 Å². The first-order valence-electron chi connectivity index (χ1n) is 4.82. The molecule has 0 aliphatic rings. The van der Waals surface area contributed by atoms with E-state index in [1.165, 1.54) is 0 Å². The number of nitrogens with zero attached hydrogens (tertiary/aromatic N) is 1. The van der Waals surface area contributed by atoms with Gasteiger partial charge in [-0.15, -0.1) is 0 Å². The van der Waals surface area contributed by atoms with Gasteiger partial charge in [0.1, 0.15) is 6.10 Å². The first kappa shape index (κ1) is 12.9. The quantitative estimate of drug-likeness (QED) is 0.848. The van der Waals surface area contributed by atoms with Crippen LogP contribution in [-0.2, 0) is 4.74 Å². The Morgan fingerprint density at radius 1 is 1.38 bits per heavy atom. The molecule has 1 unspecified atom stereocenters. The van der Waals surface area contributed by atoms with Gasteiger partial charge in [-0.25, -0.2) is 0 Å². The van der Waals surface area contributed by atoms with E-state index in [0.29, 0.717) is 5.69 Å². The minimum Gasteiger partial charge on any atom is -0.370 e. The number of nitrogens with two attached hydrogens (primary N) is 1. The van der Waals surface area contributed by atoms with Crippen molar-refractivity contribution in [3.05, 3.63) is 30.1 Å². The highest BCUT2D eigenvalue weighted by atomic mass is 19.4. The zero-order valence-electron chi connectivity index (χ0n) is 8.57. The number of halogens is 3. The average Bonchev–Trinajstić information content (AvgIpc) is 2.24. The predicted octanol–water partition coefficient (Wildman–Crippen LogP) is 2.05. The van der Waals surface area contributed by atoms with Gasteiger partial charge in [0.25, 0.3) is 0 Å². The standard InChI is InChI=1S/C10H13F3N2O/c11-10(12,13)4-6-16-9(7-14)8-3-1-2-5-15-8/h1-3,5,9H,4,6-7,14H2. The van der Waals surface area contributed by atoms with Crippen LogP contribution >= 0.6 is 0 Å². The second-order valence-electron chi connectivity index (χ2n) is 3.21. The number of hydrogen-bond acceptors (Lipinski definition) is 3. The molecular formula is C10H13F3N2O. The van der Waals surface area contributed by atoms with Gasteiger partial charge in [-0.3, -0.25) is 4.98 Å². The normalized spacial score (nSPS) is 13.8. The van der Waals surface area contributed by atoms with Gasteiger partial charge in [0.15, 0.2) is 0 Å². The number of ether oxygens (including phenoxy) is 1. The van der Waals surface area contributed by atoms with Crippen molar-refractivity contribution in [2.24, 2.45) is 5.73 Å². The molecule has 0 radical (unpaired) electrons. The summed E-state index contributed by atoms with van der Waals surface area (Å²) >= 11 is 0. The molecule has 0 spiro atoms. The third-order valence-electron chi connectivity index (χ3n) is 1.94. The van der Waals surface area contributed by atoms with Crippen molar-refractivity contribution in [1.82, 2.24) is 4.98 Å². The molecule has 2 N–H and O–H groups in total. The first-order chi connectivity index (χ1) is 7.53. The zero-order chi connectivity index (χ0) is 12.0. The molecule has 1 atom stereocenters. The Bertz CT molecular complexity index is 303. The molecule has 1 heterocycles. The average molecular weight is 234 g/mol. The molecular weight excluding hydrogens is 221 g/mol. The lowest BCUT2D eigenvalue weighted by atomic mass is 10.2. The predicted molar refractivity (Wildman–Crippen MR) is 52.7 cm³/mol. The molecule has 0 bridgehead atoms. The lowest BCUT2D eigenvalue weighted by Crippen LogP contribution is -2.20. The summed E-state index contributed by atoms with van der Waals surface area (Å²) in [6.45, 7) is -0.295. The Morgan fingerprint density at radius 2 is 2.12 bits per heavy atom. The third-order valence-corrected chi connectivity index (χ3v) is 1.94. The summed E-state index contributed by atoms with van der Waals surface area (Å²) in [7, 11) is 0. The molecule has 1 rings (SSSR count). The number of aromatic nitrogens is 1. The van der Waals surface area contributed by atoms with E-state index in [1.807, 2.05) is 0 Å². The van der Waals surface area contributed by atoms with E-state index < -0.39 is 25.3 Å². The van der Waals surface area contributed by atoms with Crippen LogP contribution in [0.3, 0.4) is 0 Å². The Labute approximate surface area is 91.4 Å². The van der Waals surface area contributed by atoms with Gasteiger partial charge >= 0.3 is 6.18 Å². The summed E-state index contributed by atoms with van der Waals surface area (Å²) in [5.41, 5.74) is 5.96. The second-order valence-corrected chi connectivity index (χ2v) is 3.21. The molecule has 0 aliphatic heterocycles. The SMILES string of the molecule is NCC(OCCC(F)(F)F)c1ccccn1. The molecule has 0 aliphatic carbocycles. The fourth-order valence-electron chi connectivity index (χ4n) is 1.16. The monoisotopic (exact) mass is 234 g/mol. The third kappa shape index (κ3) is 4.59. The van der Waals surface area contributed by atoms with E-state index in [9.17, 15) is 13.2 Å². The molecule has 0 saturated heterocycles. The molecule has 1 aromatic rings. The van der Waals surface area contributed by atoms with Crippen LogP contribution in [-0.4, -0.2) is 24.3 Å². The number of pyridine rings is 1. The van der Waals surface area contributed by atoms with Crippen LogP contribution < -0.4 is 5.73 Å². The van der Waals surface area contributed by atoms with Crippen molar-refractivity contribution in [2.45, 2.75) is 18.7 Å². The largest absolute Gasteiger partial charge is 0.391 e. The molecule has 0 aromatic carbocycles. The van der Waals surface area contributed by atoms with Gasteiger partial charge in [-0.2, -0.15) is 13.2 Å².